The van der Waals surface area contributed by atoms with Gasteiger partial charge in [0.1, 0.15) is 5.75 Å². The first-order chi connectivity index (χ1) is 11.9. The highest BCUT2D eigenvalue weighted by atomic mass is 16.5. The van der Waals surface area contributed by atoms with Crippen LogP contribution in [-0.2, 0) is 5.41 Å². The van der Waals surface area contributed by atoms with Crippen molar-refractivity contribution >= 4 is 11.5 Å². The van der Waals surface area contributed by atoms with E-state index in [4.69, 9.17) is 4.74 Å². The van der Waals surface area contributed by atoms with Crippen LogP contribution in [0.25, 0.3) is 0 Å². The number of allylic oxidation sites excluding steroid dienone is 1. The highest BCUT2D eigenvalue weighted by molar-refractivity contribution is 6.04. The van der Waals surface area contributed by atoms with Crippen molar-refractivity contribution in [2.24, 2.45) is 0 Å². The predicted molar refractivity (Wildman–Crippen MR) is 104 cm³/mol. The second kappa shape index (κ2) is 8.52. The van der Waals surface area contributed by atoms with E-state index in [0.29, 0.717) is 5.56 Å². The molecule has 132 valence electrons. The quantitative estimate of drug-likeness (QED) is 0.529. The topological polar surface area (TPSA) is 38.3 Å². The minimum atomic E-state index is -0.0177. The van der Waals surface area contributed by atoms with E-state index in [0.717, 1.165) is 24.5 Å². The van der Waals surface area contributed by atoms with Crippen LogP contribution >= 0.6 is 0 Å². The molecule has 3 nitrogen and oxygen atoms in total. The highest BCUT2D eigenvalue weighted by Crippen LogP contribution is 2.22. The van der Waals surface area contributed by atoms with Crippen molar-refractivity contribution in [1.82, 2.24) is 0 Å². The number of hydrogen-bond acceptors (Lipinski definition) is 3. The van der Waals surface area contributed by atoms with Crippen molar-refractivity contribution in [2.75, 3.05) is 11.9 Å². The summed E-state index contributed by atoms with van der Waals surface area (Å²) < 4.78 is 5.54. The lowest BCUT2D eigenvalue weighted by Gasteiger charge is -2.18. The van der Waals surface area contributed by atoms with Crippen LogP contribution in [0.4, 0.5) is 5.69 Å². The van der Waals surface area contributed by atoms with Crippen molar-refractivity contribution in [3.8, 4) is 5.75 Å². The molecule has 2 aromatic rings. The van der Waals surface area contributed by atoms with E-state index in [9.17, 15) is 4.79 Å². The molecule has 0 unspecified atom stereocenters. The molecule has 0 bridgehead atoms. The molecule has 2 rings (SSSR count). The largest absolute Gasteiger partial charge is 0.494 e. The van der Waals surface area contributed by atoms with Gasteiger partial charge in [-0.2, -0.15) is 0 Å². The summed E-state index contributed by atoms with van der Waals surface area (Å²) in [6, 6.07) is 15.5. The lowest BCUT2D eigenvalue weighted by atomic mass is 9.86. The number of rotatable bonds is 7. The van der Waals surface area contributed by atoms with Crippen LogP contribution in [0.3, 0.4) is 0 Å². The maximum absolute atomic E-state index is 12.2. The second-order valence-electron chi connectivity index (χ2n) is 7.04. The minimum absolute atomic E-state index is 0.0177. The van der Waals surface area contributed by atoms with Crippen molar-refractivity contribution < 1.29 is 9.53 Å². The number of carbonyl (C=O) groups is 1. The summed E-state index contributed by atoms with van der Waals surface area (Å²) in [5.74, 6) is 0.835. The number of ether oxygens (including phenoxy) is 1. The fourth-order valence-electron chi connectivity index (χ4n) is 2.31. The zero-order valence-electron chi connectivity index (χ0n) is 15.5. The maximum atomic E-state index is 12.2. The normalized spacial score (nSPS) is 11.5. The molecule has 0 aliphatic heterocycles. The van der Waals surface area contributed by atoms with Gasteiger partial charge >= 0.3 is 0 Å². The minimum Gasteiger partial charge on any atom is -0.494 e. The molecule has 25 heavy (non-hydrogen) atoms. The molecule has 0 heterocycles. The average molecular weight is 337 g/mol. The molecule has 3 heteroatoms. The summed E-state index contributed by atoms with van der Waals surface area (Å²) >= 11 is 0. The third-order valence-corrected chi connectivity index (χ3v) is 3.85. The Kier molecular flexibility index (Phi) is 6.40. The van der Waals surface area contributed by atoms with Crippen LogP contribution in [0.2, 0.25) is 0 Å². The van der Waals surface area contributed by atoms with Crippen molar-refractivity contribution in [1.29, 1.82) is 0 Å². The zero-order valence-corrected chi connectivity index (χ0v) is 15.5. The van der Waals surface area contributed by atoms with E-state index in [1.165, 1.54) is 5.56 Å². The molecule has 2 aromatic carbocycles. The van der Waals surface area contributed by atoms with Gasteiger partial charge < -0.3 is 10.1 Å². The van der Waals surface area contributed by atoms with E-state index in [-0.39, 0.29) is 11.2 Å². The number of benzene rings is 2. The Morgan fingerprint density at radius 2 is 1.68 bits per heavy atom. The van der Waals surface area contributed by atoms with Crippen LogP contribution in [0.5, 0.6) is 5.75 Å². The molecule has 0 spiro atoms. The monoisotopic (exact) mass is 337 g/mol. The van der Waals surface area contributed by atoms with Crippen LogP contribution in [0.1, 0.15) is 50.0 Å². The maximum Gasteiger partial charge on any atom is 0.187 e. The fourth-order valence-corrected chi connectivity index (χ4v) is 2.31. The Hall–Kier alpha value is -2.55. The van der Waals surface area contributed by atoms with Gasteiger partial charge in [-0.05, 0) is 41.7 Å². The van der Waals surface area contributed by atoms with E-state index < -0.39 is 0 Å². The van der Waals surface area contributed by atoms with Crippen LogP contribution < -0.4 is 10.1 Å². The fraction of sp³-hybridized carbons (Fsp3) is 0.318. The van der Waals surface area contributed by atoms with Gasteiger partial charge in [-0.15, -0.1) is 0 Å². The Morgan fingerprint density at radius 1 is 1.04 bits per heavy atom. The first kappa shape index (κ1) is 18.8. The van der Waals surface area contributed by atoms with Gasteiger partial charge in [0, 0.05) is 23.5 Å². The first-order valence-corrected chi connectivity index (χ1v) is 8.71. The van der Waals surface area contributed by atoms with Crippen molar-refractivity contribution in [2.45, 2.75) is 39.5 Å². The smallest absolute Gasteiger partial charge is 0.187 e. The van der Waals surface area contributed by atoms with E-state index in [1.807, 2.05) is 48.5 Å². The number of carbonyl (C=O) groups excluding carboxylic acids is 1. The molecule has 1 N–H and O–H groups in total. The third kappa shape index (κ3) is 5.79. The Labute approximate surface area is 150 Å². The van der Waals surface area contributed by atoms with Gasteiger partial charge in [-0.1, -0.05) is 52.0 Å². The SMILES string of the molecule is CCCOc1ccc(NC=CC(=O)c2ccc(C(C)(C)C)cc2)cc1. The van der Waals surface area contributed by atoms with Gasteiger partial charge in [-0.25, -0.2) is 0 Å². The Morgan fingerprint density at radius 3 is 2.24 bits per heavy atom. The molecule has 0 saturated carbocycles. The van der Waals surface area contributed by atoms with Crippen molar-refractivity contribution in [3.63, 3.8) is 0 Å². The van der Waals surface area contributed by atoms with Gasteiger partial charge in [0.2, 0.25) is 0 Å². The molecule has 0 atom stereocenters. The summed E-state index contributed by atoms with van der Waals surface area (Å²) in [5.41, 5.74) is 2.91. The van der Waals surface area contributed by atoms with Crippen molar-refractivity contribution in [3.05, 3.63) is 71.9 Å². The highest BCUT2D eigenvalue weighted by Gasteiger charge is 2.13. The van der Waals surface area contributed by atoms with E-state index in [1.54, 1.807) is 12.3 Å². The summed E-state index contributed by atoms with van der Waals surface area (Å²) in [4.78, 5) is 12.2. The van der Waals surface area contributed by atoms with E-state index >= 15 is 0 Å². The number of anilines is 1. The van der Waals surface area contributed by atoms with Gasteiger partial charge in [-0.3, -0.25) is 4.79 Å². The molecular weight excluding hydrogens is 310 g/mol. The summed E-state index contributed by atoms with van der Waals surface area (Å²) in [6.07, 6.45) is 4.21. The molecule has 0 aliphatic carbocycles. The van der Waals surface area contributed by atoms with Gasteiger partial charge in [0.15, 0.2) is 5.78 Å². The molecule has 0 radical (unpaired) electrons. The molecule has 0 fully saturated rings. The molecule has 0 aromatic heterocycles. The Balaban J connectivity index is 1.92. The zero-order chi connectivity index (χ0) is 18.3. The van der Waals surface area contributed by atoms with Crippen LogP contribution in [0.15, 0.2) is 60.8 Å². The second-order valence-corrected chi connectivity index (χ2v) is 7.04. The first-order valence-electron chi connectivity index (χ1n) is 8.71. The van der Waals surface area contributed by atoms with Crippen LogP contribution in [-0.4, -0.2) is 12.4 Å². The molecule has 0 amide bonds. The molecule has 0 saturated heterocycles. The number of nitrogens with one attached hydrogen (secondary N) is 1. The predicted octanol–water partition coefficient (Wildman–Crippen LogP) is 5.58. The van der Waals surface area contributed by atoms with Gasteiger partial charge in [0.25, 0.3) is 0 Å². The van der Waals surface area contributed by atoms with E-state index in [2.05, 4.69) is 33.0 Å². The van der Waals surface area contributed by atoms with Crippen LogP contribution in [0, 0.1) is 0 Å². The molecule has 0 aliphatic rings. The lowest BCUT2D eigenvalue weighted by Crippen LogP contribution is -2.11. The van der Waals surface area contributed by atoms with Gasteiger partial charge in [0.05, 0.1) is 6.61 Å². The standard InChI is InChI=1S/C22H27NO2/c1-5-16-25-20-12-10-19(11-13-20)23-15-14-21(24)17-6-8-18(9-7-17)22(2,3)4/h6-15,23H,5,16H2,1-4H3. The molecular formula is C22H27NO2. The third-order valence-electron chi connectivity index (χ3n) is 3.85. The summed E-state index contributed by atoms with van der Waals surface area (Å²) in [5, 5.41) is 3.11. The number of ketones is 1. The summed E-state index contributed by atoms with van der Waals surface area (Å²) in [6.45, 7) is 9.27. The Bertz CT molecular complexity index is 707. The summed E-state index contributed by atoms with van der Waals surface area (Å²) in [7, 11) is 0. The number of hydrogen-bond donors (Lipinski definition) is 1. The average Bonchev–Trinajstić information content (AvgIpc) is 2.60. The lowest BCUT2D eigenvalue weighted by molar-refractivity contribution is 0.104.